The first-order valence-electron chi connectivity index (χ1n) is 11.4. The first kappa shape index (κ1) is 24.4. The molecule has 3 heterocycles. The van der Waals surface area contributed by atoms with Crippen molar-refractivity contribution in [1.29, 1.82) is 0 Å². The number of rotatable bonds is 8. The number of benzene rings is 1. The van der Waals surface area contributed by atoms with Gasteiger partial charge in [-0.15, -0.1) is 0 Å². The highest BCUT2D eigenvalue weighted by Gasteiger charge is 2.42. The van der Waals surface area contributed by atoms with E-state index in [1.807, 2.05) is 5.41 Å². The molecule has 1 aromatic carbocycles. The van der Waals surface area contributed by atoms with Crippen LogP contribution >= 0.6 is 11.8 Å². The Morgan fingerprint density at radius 2 is 2.06 bits per heavy atom. The summed E-state index contributed by atoms with van der Waals surface area (Å²) in [6.45, 7) is 8.07. The normalized spacial score (nSPS) is 20.6. The highest BCUT2D eigenvalue weighted by atomic mass is 32.2. The lowest BCUT2D eigenvalue weighted by molar-refractivity contribution is -0.139. The minimum atomic E-state index is -0.768. The average molecular weight is 489 g/mol. The second-order valence-electron chi connectivity index (χ2n) is 8.12. The Bertz CT molecular complexity index is 1040. The lowest BCUT2D eigenvalue weighted by Gasteiger charge is -2.36. The van der Waals surface area contributed by atoms with Crippen molar-refractivity contribution in [3.63, 3.8) is 0 Å². The fraction of sp³-hybridized carbons (Fsp3) is 0.458. The van der Waals surface area contributed by atoms with Crippen LogP contribution in [0.1, 0.15) is 31.9 Å². The zero-order valence-corrected chi connectivity index (χ0v) is 20.2. The van der Waals surface area contributed by atoms with Gasteiger partial charge in [0.1, 0.15) is 5.82 Å². The number of halogens is 1. The van der Waals surface area contributed by atoms with Gasteiger partial charge in [0.2, 0.25) is 5.91 Å². The van der Waals surface area contributed by atoms with Crippen molar-refractivity contribution in [3.8, 4) is 0 Å². The van der Waals surface area contributed by atoms with Gasteiger partial charge in [0.15, 0.2) is 5.17 Å². The summed E-state index contributed by atoms with van der Waals surface area (Å²) in [6, 6.07) is 5.58. The predicted molar refractivity (Wildman–Crippen MR) is 128 cm³/mol. The molecule has 0 unspecified atom stereocenters. The summed E-state index contributed by atoms with van der Waals surface area (Å²) in [5.74, 6) is -1.12. The van der Waals surface area contributed by atoms with Gasteiger partial charge in [0.25, 0.3) is 0 Å². The number of carbonyl (C=O) groups is 2. The molecular formula is C24H29FN4O4S. The van der Waals surface area contributed by atoms with E-state index >= 15 is 0 Å². The van der Waals surface area contributed by atoms with Crippen LogP contribution in [0, 0.1) is 5.82 Å². The maximum Gasteiger partial charge on any atom is 0.338 e. The molecule has 10 heteroatoms. The molecule has 34 heavy (non-hydrogen) atoms. The Morgan fingerprint density at radius 3 is 2.79 bits per heavy atom. The van der Waals surface area contributed by atoms with Crippen LogP contribution in [0.2, 0.25) is 0 Å². The first-order chi connectivity index (χ1) is 16.5. The Kier molecular flexibility index (Phi) is 8.02. The van der Waals surface area contributed by atoms with Crippen molar-refractivity contribution < 1.29 is 23.5 Å². The number of aliphatic imine (C=N–C) groups is 1. The molecule has 1 saturated heterocycles. The molecule has 0 saturated carbocycles. The van der Waals surface area contributed by atoms with E-state index in [9.17, 15) is 14.0 Å². The highest BCUT2D eigenvalue weighted by molar-refractivity contribution is 8.16. The standard InChI is InChI=1S/C24H29FN4O4S/c1-3-33-23(31)21-16(2)27-24-29(22(21)18-6-4-5-7-19(18)25)17(15-34-24)14-20(30)26-8-9-28-10-12-32-13-11-28/h4-7,15,22H,3,8-14H2,1-2H3,(H,26,30)/t22-/m0/s1. The van der Waals surface area contributed by atoms with E-state index in [-0.39, 0.29) is 24.5 Å². The molecule has 1 amide bonds. The van der Waals surface area contributed by atoms with E-state index in [0.717, 1.165) is 19.6 Å². The van der Waals surface area contributed by atoms with Gasteiger partial charge in [-0.25, -0.2) is 14.2 Å². The van der Waals surface area contributed by atoms with Crippen molar-refractivity contribution in [1.82, 2.24) is 15.1 Å². The number of carbonyl (C=O) groups excluding carboxylic acids is 2. The van der Waals surface area contributed by atoms with E-state index in [4.69, 9.17) is 9.47 Å². The number of nitrogens with zero attached hydrogens (tertiary/aromatic N) is 3. The van der Waals surface area contributed by atoms with Gasteiger partial charge in [-0.05, 0) is 25.3 Å². The van der Waals surface area contributed by atoms with Crippen LogP contribution < -0.4 is 5.32 Å². The van der Waals surface area contributed by atoms with Crippen LogP contribution in [0.4, 0.5) is 4.39 Å². The van der Waals surface area contributed by atoms with E-state index in [2.05, 4.69) is 15.2 Å². The van der Waals surface area contributed by atoms with Crippen molar-refractivity contribution in [2.45, 2.75) is 26.3 Å². The number of ether oxygens (including phenoxy) is 2. The number of amidine groups is 1. The summed E-state index contributed by atoms with van der Waals surface area (Å²) in [5, 5.41) is 5.41. The molecule has 1 N–H and O–H groups in total. The minimum absolute atomic E-state index is 0.0925. The smallest absolute Gasteiger partial charge is 0.338 e. The van der Waals surface area contributed by atoms with Crippen LogP contribution in [0.5, 0.6) is 0 Å². The average Bonchev–Trinajstić information content (AvgIpc) is 3.21. The predicted octanol–water partition coefficient (Wildman–Crippen LogP) is 2.80. The van der Waals surface area contributed by atoms with Gasteiger partial charge < -0.3 is 19.7 Å². The van der Waals surface area contributed by atoms with E-state index in [1.54, 1.807) is 36.9 Å². The van der Waals surface area contributed by atoms with Gasteiger partial charge in [0, 0.05) is 37.4 Å². The maximum atomic E-state index is 15.0. The molecule has 0 radical (unpaired) electrons. The Balaban J connectivity index is 1.53. The summed E-state index contributed by atoms with van der Waals surface area (Å²) < 4.78 is 25.6. The fourth-order valence-electron chi connectivity index (χ4n) is 4.24. The number of fused-ring (bicyclic) bond motifs is 1. The summed E-state index contributed by atoms with van der Waals surface area (Å²) in [5.41, 5.74) is 1.75. The lowest BCUT2D eigenvalue weighted by atomic mass is 9.93. The Morgan fingerprint density at radius 1 is 1.29 bits per heavy atom. The molecule has 3 aliphatic heterocycles. The molecule has 0 aliphatic carbocycles. The minimum Gasteiger partial charge on any atom is -0.463 e. The van der Waals surface area contributed by atoms with E-state index in [1.165, 1.54) is 17.8 Å². The summed E-state index contributed by atoms with van der Waals surface area (Å²) in [4.78, 5) is 34.3. The third-order valence-corrected chi connectivity index (χ3v) is 6.78. The van der Waals surface area contributed by atoms with Gasteiger partial charge >= 0.3 is 5.97 Å². The molecule has 0 bridgehead atoms. The summed E-state index contributed by atoms with van der Waals surface area (Å²) >= 11 is 1.36. The number of morpholine rings is 1. The fourth-order valence-corrected chi connectivity index (χ4v) is 5.20. The number of hydrogen-bond acceptors (Lipinski definition) is 8. The van der Waals surface area contributed by atoms with Crippen LogP contribution in [0.15, 0.2) is 51.6 Å². The van der Waals surface area contributed by atoms with Gasteiger partial charge in [-0.2, -0.15) is 0 Å². The van der Waals surface area contributed by atoms with Crippen molar-refractivity contribution in [2.75, 3.05) is 46.0 Å². The molecule has 8 nitrogen and oxygen atoms in total. The molecule has 182 valence electrons. The number of allylic oxidation sites excluding steroid dienone is 1. The van der Waals surface area contributed by atoms with Crippen LogP contribution in [-0.2, 0) is 19.1 Å². The molecule has 1 atom stereocenters. The van der Waals surface area contributed by atoms with Gasteiger partial charge in [0.05, 0.1) is 43.6 Å². The molecule has 0 aromatic heterocycles. The van der Waals surface area contributed by atoms with Crippen LogP contribution in [-0.4, -0.2) is 72.8 Å². The quantitative estimate of drug-likeness (QED) is 0.564. The SMILES string of the molecule is CCOC(=O)C1=C(C)N=C2SC=C(CC(=O)NCCN3CCOCC3)N2[C@H]1c1ccccc1F. The Labute approximate surface area is 202 Å². The number of hydrogen-bond donors (Lipinski definition) is 1. The van der Waals surface area contributed by atoms with Crippen molar-refractivity contribution >= 4 is 28.8 Å². The number of esters is 1. The topological polar surface area (TPSA) is 83.5 Å². The van der Waals surface area contributed by atoms with E-state index in [0.29, 0.717) is 41.9 Å². The maximum absolute atomic E-state index is 15.0. The molecule has 3 aliphatic rings. The molecule has 1 aromatic rings. The third kappa shape index (κ3) is 5.34. The second-order valence-corrected chi connectivity index (χ2v) is 8.95. The van der Waals surface area contributed by atoms with Crippen molar-refractivity contribution in [3.05, 3.63) is 58.0 Å². The van der Waals surface area contributed by atoms with Gasteiger partial charge in [-0.1, -0.05) is 30.0 Å². The number of thioether (sulfide) groups is 1. The zero-order chi connectivity index (χ0) is 24.1. The lowest BCUT2D eigenvalue weighted by Crippen LogP contribution is -2.42. The van der Waals surface area contributed by atoms with Crippen LogP contribution in [0.3, 0.4) is 0 Å². The monoisotopic (exact) mass is 488 g/mol. The summed E-state index contributed by atoms with van der Waals surface area (Å²) in [6.07, 6.45) is 0.0925. The highest BCUT2D eigenvalue weighted by Crippen LogP contribution is 2.45. The molecule has 1 fully saturated rings. The first-order valence-corrected chi connectivity index (χ1v) is 12.3. The third-order valence-electron chi connectivity index (χ3n) is 5.89. The second kappa shape index (κ2) is 11.2. The van der Waals surface area contributed by atoms with Gasteiger partial charge in [-0.3, -0.25) is 9.69 Å². The largest absolute Gasteiger partial charge is 0.463 e. The Hall–Kier alpha value is -2.69. The number of amides is 1. The van der Waals surface area contributed by atoms with Crippen LogP contribution in [0.25, 0.3) is 0 Å². The molecular weight excluding hydrogens is 459 g/mol. The zero-order valence-electron chi connectivity index (χ0n) is 19.4. The number of nitrogens with one attached hydrogen (secondary N) is 1. The summed E-state index contributed by atoms with van der Waals surface area (Å²) in [7, 11) is 0. The van der Waals surface area contributed by atoms with E-state index < -0.39 is 17.8 Å². The van der Waals surface area contributed by atoms with Crippen molar-refractivity contribution in [2.24, 2.45) is 4.99 Å². The molecule has 0 spiro atoms. The molecule has 4 rings (SSSR count).